The van der Waals surface area contributed by atoms with Crippen LogP contribution >= 0.6 is 0 Å². The van der Waals surface area contributed by atoms with Crippen LogP contribution in [0.2, 0.25) is 0 Å². The maximum Gasteiger partial charge on any atom is 0.105 e. The van der Waals surface area contributed by atoms with Gasteiger partial charge in [-0.15, -0.1) is 6.58 Å². The maximum absolute atomic E-state index is 5.99. The third-order valence-electron chi connectivity index (χ3n) is 5.54. The van der Waals surface area contributed by atoms with Crippen molar-refractivity contribution in [1.82, 2.24) is 4.57 Å². The molecule has 1 aromatic carbocycles. The molecule has 1 aliphatic carbocycles. The molecule has 1 aromatic heterocycles. The molecule has 2 aliphatic heterocycles. The summed E-state index contributed by atoms with van der Waals surface area (Å²) < 4.78 is 14.2. The normalized spacial score (nSPS) is 32.4. The van der Waals surface area contributed by atoms with Crippen LogP contribution in [0.25, 0.3) is 16.5 Å². The molecule has 0 bridgehead atoms. The van der Waals surface area contributed by atoms with Crippen LogP contribution in [0, 0.1) is 5.92 Å². The van der Waals surface area contributed by atoms with Crippen LogP contribution in [-0.4, -0.2) is 30.5 Å². The summed E-state index contributed by atoms with van der Waals surface area (Å²) in [5.41, 5.74) is 5.47. The molecule has 0 N–H and O–H groups in total. The summed E-state index contributed by atoms with van der Waals surface area (Å²) in [6, 6.07) is 8.90. The summed E-state index contributed by atoms with van der Waals surface area (Å²) in [6.45, 7) is 4.92. The van der Waals surface area contributed by atoms with Crippen LogP contribution in [0.15, 0.2) is 48.7 Å². The summed E-state index contributed by atoms with van der Waals surface area (Å²) in [6.07, 6.45) is 5.53. The quantitative estimate of drug-likeness (QED) is 0.790. The number of hydrogen-bond donors (Lipinski definition) is 0. The molecule has 3 nitrogen and oxygen atoms in total. The predicted molar refractivity (Wildman–Crippen MR) is 86.7 cm³/mol. The second kappa shape index (κ2) is 4.34. The van der Waals surface area contributed by atoms with E-state index in [-0.39, 0.29) is 18.2 Å². The van der Waals surface area contributed by atoms with Crippen molar-refractivity contribution < 1.29 is 9.47 Å². The van der Waals surface area contributed by atoms with Gasteiger partial charge in [-0.25, -0.2) is 0 Å². The number of methoxy groups -OCH3 is 1. The minimum atomic E-state index is 0.00912. The molecule has 22 heavy (non-hydrogen) atoms. The number of aromatic nitrogens is 1. The first kappa shape index (κ1) is 12.7. The number of fused-ring (bicyclic) bond motifs is 4. The Bertz CT molecular complexity index is 816. The van der Waals surface area contributed by atoms with Crippen molar-refractivity contribution in [3.8, 4) is 0 Å². The van der Waals surface area contributed by atoms with Crippen molar-refractivity contribution in [3.63, 3.8) is 0 Å². The first-order valence-corrected chi connectivity index (χ1v) is 7.96. The number of nitrogens with zero attached hydrogens (tertiary/aromatic N) is 1. The van der Waals surface area contributed by atoms with E-state index in [1.54, 1.807) is 7.11 Å². The lowest BCUT2D eigenvalue weighted by molar-refractivity contribution is 0.0485. The van der Waals surface area contributed by atoms with Gasteiger partial charge in [0.1, 0.15) is 6.10 Å². The van der Waals surface area contributed by atoms with Crippen molar-refractivity contribution in [2.24, 2.45) is 5.92 Å². The first-order chi connectivity index (χ1) is 10.8. The lowest BCUT2D eigenvalue weighted by Gasteiger charge is -2.40. The highest BCUT2D eigenvalue weighted by molar-refractivity contribution is 5.96. The molecule has 0 spiro atoms. The van der Waals surface area contributed by atoms with Gasteiger partial charge < -0.3 is 14.0 Å². The van der Waals surface area contributed by atoms with E-state index in [1.165, 1.54) is 27.6 Å². The zero-order valence-electron chi connectivity index (χ0n) is 12.7. The van der Waals surface area contributed by atoms with E-state index in [1.807, 2.05) is 6.08 Å². The van der Waals surface area contributed by atoms with Crippen molar-refractivity contribution in [1.29, 1.82) is 0 Å². The summed E-state index contributed by atoms with van der Waals surface area (Å²) in [5, 5.41) is 1.29. The van der Waals surface area contributed by atoms with E-state index in [2.05, 4.69) is 41.6 Å². The zero-order chi connectivity index (χ0) is 14.8. The fourth-order valence-corrected chi connectivity index (χ4v) is 4.65. The fraction of sp³-hybridized carbons (Fsp3) is 0.368. The van der Waals surface area contributed by atoms with Crippen LogP contribution in [0.1, 0.15) is 18.0 Å². The average Bonchev–Trinajstić information content (AvgIpc) is 3.10. The van der Waals surface area contributed by atoms with Gasteiger partial charge in [0, 0.05) is 36.8 Å². The standard InChI is InChI=1S/C19H19NO2/c1-3-14-19(21-2)16-15(13-8-10-22-18(13)16)12-6-4-5-11-7-9-20(14)17(11)12/h3-7,9,13-14,18-19H,1,8,10H2,2H3/t13-,14+,18-,19+/m1/s1. The Morgan fingerprint density at radius 3 is 3.09 bits per heavy atom. The minimum Gasteiger partial charge on any atom is -0.374 e. The lowest BCUT2D eigenvalue weighted by Crippen LogP contribution is -2.40. The van der Waals surface area contributed by atoms with Crippen LogP contribution < -0.4 is 0 Å². The molecule has 1 fully saturated rings. The van der Waals surface area contributed by atoms with Gasteiger partial charge in [-0.3, -0.25) is 0 Å². The monoisotopic (exact) mass is 293 g/mol. The maximum atomic E-state index is 5.99. The third-order valence-corrected chi connectivity index (χ3v) is 5.54. The zero-order valence-corrected chi connectivity index (χ0v) is 12.7. The SMILES string of the molecule is C=C[C@H]1[C@H](OC)C2=C(c3cccc4ccn1c34)[C@H]1CCO[C@@H]21. The molecule has 0 saturated carbocycles. The largest absolute Gasteiger partial charge is 0.374 e. The summed E-state index contributed by atoms with van der Waals surface area (Å²) in [7, 11) is 1.80. The Hall–Kier alpha value is -1.84. The minimum absolute atomic E-state index is 0.00912. The van der Waals surface area contributed by atoms with E-state index >= 15 is 0 Å². The highest BCUT2D eigenvalue weighted by Gasteiger charge is 2.51. The van der Waals surface area contributed by atoms with Gasteiger partial charge in [0.2, 0.25) is 0 Å². The predicted octanol–water partition coefficient (Wildman–Crippen LogP) is 3.57. The molecule has 5 rings (SSSR count). The van der Waals surface area contributed by atoms with Gasteiger partial charge >= 0.3 is 0 Å². The number of benzene rings is 1. The molecule has 3 heterocycles. The van der Waals surface area contributed by atoms with Crippen molar-refractivity contribution >= 4 is 16.5 Å². The van der Waals surface area contributed by atoms with Crippen molar-refractivity contribution in [2.75, 3.05) is 13.7 Å². The van der Waals surface area contributed by atoms with Crippen molar-refractivity contribution in [2.45, 2.75) is 24.7 Å². The van der Waals surface area contributed by atoms with E-state index in [0.717, 1.165) is 13.0 Å². The second-order valence-corrected chi connectivity index (χ2v) is 6.40. The third kappa shape index (κ3) is 1.34. The van der Waals surface area contributed by atoms with E-state index in [9.17, 15) is 0 Å². The summed E-state index contributed by atoms with van der Waals surface area (Å²) in [4.78, 5) is 0. The Morgan fingerprint density at radius 1 is 1.36 bits per heavy atom. The van der Waals surface area contributed by atoms with Crippen LogP contribution in [0.5, 0.6) is 0 Å². The second-order valence-electron chi connectivity index (χ2n) is 6.40. The van der Waals surface area contributed by atoms with Gasteiger partial charge in [-0.05, 0) is 23.6 Å². The summed E-state index contributed by atoms with van der Waals surface area (Å²) >= 11 is 0. The Morgan fingerprint density at radius 2 is 2.27 bits per heavy atom. The van der Waals surface area contributed by atoms with Gasteiger partial charge in [0.25, 0.3) is 0 Å². The number of hydrogen-bond acceptors (Lipinski definition) is 2. The van der Waals surface area contributed by atoms with Crippen molar-refractivity contribution in [3.05, 3.63) is 54.3 Å². The van der Waals surface area contributed by atoms with Gasteiger partial charge in [0.15, 0.2) is 0 Å². The molecule has 112 valence electrons. The molecule has 3 aliphatic rings. The molecule has 3 heteroatoms. The van der Waals surface area contributed by atoms with Crippen LogP contribution in [-0.2, 0) is 9.47 Å². The van der Waals surface area contributed by atoms with Gasteiger partial charge in [0.05, 0.1) is 17.7 Å². The van der Waals surface area contributed by atoms with Crippen LogP contribution in [0.3, 0.4) is 0 Å². The highest BCUT2D eigenvalue weighted by Crippen LogP contribution is 2.55. The molecule has 0 unspecified atom stereocenters. The molecule has 0 radical (unpaired) electrons. The number of rotatable bonds is 2. The van der Waals surface area contributed by atoms with E-state index < -0.39 is 0 Å². The molecule has 1 saturated heterocycles. The molecular formula is C19H19NO2. The molecule has 0 amide bonds. The Labute approximate surface area is 129 Å². The molecule has 2 aromatic rings. The average molecular weight is 293 g/mol. The Balaban J connectivity index is 1.87. The molecular weight excluding hydrogens is 274 g/mol. The Kier molecular flexibility index (Phi) is 2.50. The first-order valence-electron chi connectivity index (χ1n) is 7.96. The fourth-order valence-electron chi connectivity index (χ4n) is 4.65. The topological polar surface area (TPSA) is 23.4 Å². The van der Waals surface area contributed by atoms with E-state index in [4.69, 9.17) is 9.47 Å². The highest BCUT2D eigenvalue weighted by atomic mass is 16.5. The lowest BCUT2D eigenvalue weighted by atomic mass is 9.69. The van der Waals surface area contributed by atoms with E-state index in [0.29, 0.717) is 5.92 Å². The molecule has 4 atom stereocenters. The smallest absolute Gasteiger partial charge is 0.105 e. The summed E-state index contributed by atoms with van der Waals surface area (Å²) in [5.74, 6) is 0.533. The number of para-hydroxylation sites is 1. The van der Waals surface area contributed by atoms with Crippen LogP contribution in [0.4, 0.5) is 0 Å². The number of ether oxygens (including phenoxy) is 2. The van der Waals surface area contributed by atoms with Gasteiger partial charge in [-0.1, -0.05) is 24.3 Å². The van der Waals surface area contributed by atoms with Gasteiger partial charge in [-0.2, -0.15) is 0 Å².